The van der Waals surface area contributed by atoms with Gasteiger partial charge >= 0.3 is 0 Å². The van der Waals surface area contributed by atoms with E-state index in [2.05, 4.69) is 73.8 Å². The Morgan fingerprint density at radius 1 is 1.00 bits per heavy atom. The number of piperidine rings is 2. The molecular weight excluding hydrogens is 851 g/mol. The zero-order valence-electron chi connectivity index (χ0n) is 41.9. The van der Waals surface area contributed by atoms with Crippen molar-refractivity contribution < 1.29 is 24.0 Å². The number of hydrogen-bond donors (Lipinski definition) is 2. The molecule has 3 heterocycles. The predicted molar refractivity (Wildman–Crippen MR) is 270 cm³/mol. The van der Waals surface area contributed by atoms with Crippen molar-refractivity contribution >= 4 is 54.9 Å². The van der Waals surface area contributed by atoms with Gasteiger partial charge in [0.15, 0.2) is 0 Å². The molecule has 66 heavy (non-hydrogen) atoms. The molecule has 0 aromatic heterocycles. The van der Waals surface area contributed by atoms with Crippen molar-refractivity contribution in [3.63, 3.8) is 0 Å². The van der Waals surface area contributed by atoms with Gasteiger partial charge in [-0.2, -0.15) is 0 Å². The van der Waals surface area contributed by atoms with E-state index in [0.717, 1.165) is 132 Å². The summed E-state index contributed by atoms with van der Waals surface area (Å²) in [7, 11) is 5.43. The second-order valence-corrected chi connectivity index (χ2v) is 20.7. The van der Waals surface area contributed by atoms with Gasteiger partial charge in [0.05, 0.1) is 17.5 Å². The first-order valence-corrected chi connectivity index (χ1v) is 26.2. The van der Waals surface area contributed by atoms with Crippen molar-refractivity contribution in [2.75, 3.05) is 47.3 Å². The Bertz CT molecular complexity index is 1770. The van der Waals surface area contributed by atoms with E-state index in [9.17, 15) is 24.0 Å². The zero-order chi connectivity index (χ0) is 48.4. The van der Waals surface area contributed by atoms with Crippen LogP contribution in [0.3, 0.4) is 0 Å². The molecule has 5 amide bonds. The molecule has 14 nitrogen and oxygen atoms in total. The van der Waals surface area contributed by atoms with E-state index in [1.165, 1.54) is 26.3 Å². The normalized spacial score (nSPS) is 24.5. The van der Waals surface area contributed by atoms with Gasteiger partial charge in [0, 0.05) is 81.9 Å². The first-order chi connectivity index (χ1) is 31.8. The number of allylic oxidation sites excluding steroid dienone is 2. The van der Waals surface area contributed by atoms with Gasteiger partial charge in [0.25, 0.3) is 0 Å². The average molecular weight is 936 g/mol. The SMILES string of the molecule is C=NC1=C(C=NC2CCN(SC(C)CC)CC2)C2(CC2)C(=O)N1C1CCCC1C.CCCCN(CCC)C(=O)CCCCCC1=C(N(C)C)C(N(C=O)C2CCC(=O)NC2=O)CC=C1.CN. The second kappa shape index (κ2) is 27.2. The van der Waals surface area contributed by atoms with E-state index in [-0.39, 0.29) is 41.6 Å². The summed E-state index contributed by atoms with van der Waals surface area (Å²) in [6, 6.07) is -0.239. The van der Waals surface area contributed by atoms with Crippen molar-refractivity contribution in [3.8, 4) is 0 Å². The number of hydrogen-bond acceptors (Lipinski definition) is 11. The molecule has 6 aliphatic rings. The fraction of sp³-hybridized carbons (Fsp3) is 0.745. The third kappa shape index (κ3) is 14.1. The van der Waals surface area contributed by atoms with Crippen molar-refractivity contribution in [3.05, 3.63) is 34.8 Å². The third-order valence-corrected chi connectivity index (χ3v) is 15.6. The van der Waals surface area contributed by atoms with Crippen LogP contribution in [0, 0.1) is 11.3 Å². The van der Waals surface area contributed by atoms with Crippen molar-refractivity contribution in [2.24, 2.45) is 27.1 Å². The summed E-state index contributed by atoms with van der Waals surface area (Å²) in [6.07, 6.45) is 24.3. The maximum Gasteiger partial charge on any atom is 0.249 e. The van der Waals surface area contributed by atoms with Gasteiger partial charge in [-0.3, -0.25) is 43.5 Å². The zero-order valence-corrected chi connectivity index (χ0v) is 42.7. The Balaban J connectivity index is 0.000000282. The molecule has 2 saturated carbocycles. The summed E-state index contributed by atoms with van der Waals surface area (Å²) in [6.45, 7) is 18.8. The summed E-state index contributed by atoms with van der Waals surface area (Å²) in [5.41, 5.74) is 7.41. The molecule has 5 unspecified atom stereocenters. The summed E-state index contributed by atoms with van der Waals surface area (Å²) >= 11 is 1.99. The number of amides is 5. The van der Waals surface area contributed by atoms with E-state index in [1.807, 2.05) is 47.0 Å². The lowest BCUT2D eigenvalue weighted by atomic mass is 9.91. The maximum absolute atomic E-state index is 13.4. The Labute approximate surface area is 401 Å². The highest BCUT2D eigenvalue weighted by Gasteiger charge is 2.62. The van der Waals surface area contributed by atoms with Gasteiger partial charge in [-0.15, -0.1) is 0 Å². The van der Waals surface area contributed by atoms with Crippen LogP contribution in [0.5, 0.6) is 0 Å². The number of carbonyl (C=O) groups excluding carboxylic acids is 5. The molecule has 1 spiro atoms. The quantitative estimate of drug-likeness (QED) is 0.0365. The molecule has 4 fully saturated rings. The van der Waals surface area contributed by atoms with Gasteiger partial charge in [-0.25, -0.2) is 4.99 Å². The Kier molecular flexibility index (Phi) is 22.6. The first-order valence-electron chi connectivity index (χ1n) is 25.3. The molecular formula is C51H85N9O5S. The Hall–Kier alpha value is -3.82. The number of rotatable bonds is 22. The molecule has 5 atom stereocenters. The number of aliphatic imine (C=N–C) groups is 2. The van der Waals surface area contributed by atoms with E-state index < -0.39 is 11.9 Å². The minimum absolute atomic E-state index is 0.240. The second-order valence-electron chi connectivity index (χ2n) is 19.2. The van der Waals surface area contributed by atoms with Crippen molar-refractivity contribution in [1.29, 1.82) is 0 Å². The van der Waals surface area contributed by atoms with E-state index in [0.29, 0.717) is 36.5 Å². The highest BCUT2D eigenvalue weighted by Crippen LogP contribution is 2.59. The number of nitrogens with two attached hydrogens (primary N) is 1. The molecule has 370 valence electrons. The summed E-state index contributed by atoms with van der Waals surface area (Å²) in [4.78, 5) is 79.0. The van der Waals surface area contributed by atoms with Crippen molar-refractivity contribution in [2.45, 2.75) is 186 Å². The molecule has 0 aromatic carbocycles. The minimum atomic E-state index is -0.636. The van der Waals surface area contributed by atoms with Gasteiger partial charge in [0.1, 0.15) is 11.9 Å². The molecule has 2 saturated heterocycles. The molecule has 15 heteroatoms. The predicted octanol–water partition coefficient (Wildman–Crippen LogP) is 7.65. The summed E-state index contributed by atoms with van der Waals surface area (Å²) in [5.74, 6) is 1.18. The van der Waals surface area contributed by atoms with Crippen LogP contribution in [-0.4, -0.2) is 144 Å². The molecule has 0 aromatic rings. The molecule has 3 aliphatic carbocycles. The number of unbranched alkanes of at least 4 members (excludes halogenated alkanes) is 3. The lowest BCUT2D eigenvalue weighted by Gasteiger charge is -2.40. The standard InChI is InChI=1S/C27H44N4O4.C23H36N4OS.CH5N/c1-5-7-19-30(18-6-2)25(34)15-10-8-9-12-21-13-11-14-22(26(21)29(3)4)31(20-32)23-16-17-24(33)28-27(23)35;1-5-17(3)29-26-13-9-18(10-14-26)25-15-19-21(24-4)27(20-8-6-7-16(20)2)22(28)23(19)11-12-23;1-2/h11,13,20,22-23H,5-10,12,14-19H2,1-4H3,(H,28,33,35);15-18,20H,4-14H2,1-3H3;2H2,1H3. The average Bonchev–Trinajstić information content (AvgIpc) is 3.96. The van der Waals surface area contributed by atoms with Crippen LogP contribution in [0.1, 0.15) is 157 Å². The van der Waals surface area contributed by atoms with Gasteiger partial charge in [-0.1, -0.05) is 78.0 Å². The molecule has 6 rings (SSSR count). The molecule has 3 aliphatic heterocycles. The lowest BCUT2D eigenvalue weighted by molar-refractivity contribution is -0.142. The molecule has 0 radical (unpaired) electrons. The van der Waals surface area contributed by atoms with Gasteiger partial charge in [0.2, 0.25) is 30.0 Å². The number of likely N-dealkylation sites (N-methyl/N-ethyl adjacent to an activating group) is 1. The molecule has 3 N–H and O–H groups in total. The van der Waals surface area contributed by atoms with Crippen LogP contribution in [0.15, 0.2) is 44.8 Å². The number of carbonyl (C=O) groups is 5. The van der Waals surface area contributed by atoms with Crippen LogP contribution in [0.25, 0.3) is 0 Å². The van der Waals surface area contributed by atoms with Crippen LogP contribution in [-0.2, 0) is 24.0 Å². The topological polar surface area (TPSA) is 164 Å². The van der Waals surface area contributed by atoms with E-state index in [1.54, 1.807) is 4.90 Å². The lowest BCUT2D eigenvalue weighted by Crippen LogP contribution is -2.56. The van der Waals surface area contributed by atoms with Gasteiger partial charge < -0.3 is 20.4 Å². The van der Waals surface area contributed by atoms with Crippen LogP contribution < -0.4 is 11.1 Å². The fourth-order valence-electron chi connectivity index (χ4n) is 10.2. The number of imide groups is 1. The molecule has 0 bridgehead atoms. The fourth-order valence-corrected chi connectivity index (χ4v) is 11.3. The van der Waals surface area contributed by atoms with E-state index >= 15 is 0 Å². The number of nitrogens with one attached hydrogen (secondary N) is 1. The summed E-state index contributed by atoms with van der Waals surface area (Å²) < 4.78 is 2.50. The first kappa shape index (κ1) is 54.8. The van der Waals surface area contributed by atoms with Crippen LogP contribution in [0.4, 0.5) is 0 Å². The third-order valence-electron chi connectivity index (χ3n) is 14.2. The maximum atomic E-state index is 13.4. The highest BCUT2D eigenvalue weighted by atomic mass is 32.2. The summed E-state index contributed by atoms with van der Waals surface area (Å²) in [5, 5.41) is 3.05. The Morgan fingerprint density at radius 2 is 1.73 bits per heavy atom. The van der Waals surface area contributed by atoms with Crippen molar-refractivity contribution in [1.82, 2.24) is 29.2 Å². The largest absolute Gasteiger partial charge is 0.379 e. The van der Waals surface area contributed by atoms with Crippen LogP contribution >= 0.6 is 11.9 Å². The van der Waals surface area contributed by atoms with E-state index in [4.69, 9.17) is 4.99 Å². The van der Waals surface area contributed by atoms with Crippen LogP contribution in [0.2, 0.25) is 0 Å². The minimum Gasteiger partial charge on any atom is -0.379 e. The van der Waals surface area contributed by atoms with Gasteiger partial charge in [-0.05, 0) is 115 Å². The monoisotopic (exact) mass is 936 g/mol. The smallest absolute Gasteiger partial charge is 0.249 e. The number of nitrogens with zero attached hydrogens (tertiary/aromatic N) is 7. The highest BCUT2D eigenvalue weighted by molar-refractivity contribution is 7.97. The Morgan fingerprint density at radius 3 is 2.30 bits per heavy atom.